The Labute approximate surface area is 77.6 Å². The van der Waals surface area contributed by atoms with Crippen molar-refractivity contribution < 1.29 is 9.90 Å². The summed E-state index contributed by atoms with van der Waals surface area (Å²) < 4.78 is 0. The first-order chi connectivity index (χ1) is 6.15. The van der Waals surface area contributed by atoms with Gasteiger partial charge in [0.25, 0.3) is 5.91 Å². The fourth-order valence-corrected chi connectivity index (χ4v) is 1.06. The molecule has 1 rings (SSSR count). The van der Waals surface area contributed by atoms with Crippen LogP contribution in [0.2, 0.25) is 0 Å². The van der Waals surface area contributed by atoms with E-state index >= 15 is 0 Å². The van der Waals surface area contributed by atoms with Gasteiger partial charge in [-0.25, -0.2) is 0 Å². The number of carbonyl (C=O) groups is 1. The van der Waals surface area contributed by atoms with Crippen molar-refractivity contribution in [2.24, 2.45) is 0 Å². The fraction of sp³-hybridized carbons (Fsp3) is 0.300. The van der Waals surface area contributed by atoms with Crippen LogP contribution in [0.4, 0.5) is 0 Å². The molecule has 0 heterocycles. The van der Waals surface area contributed by atoms with Crippen LogP contribution in [0.3, 0.4) is 0 Å². The number of hydrogen-bond acceptors (Lipinski definition) is 2. The molecule has 0 aromatic heterocycles. The van der Waals surface area contributed by atoms with Crippen LogP contribution < -0.4 is 0 Å². The van der Waals surface area contributed by atoms with Gasteiger partial charge in [-0.3, -0.25) is 4.79 Å². The summed E-state index contributed by atoms with van der Waals surface area (Å²) in [5.74, 6) is -0.0460. The van der Waals surface area contributed by atoms with E-state index in [0.29, 0.717) is 5.56 Å². The maximum atomic E-state index is 11.5. The molecule has 0 fully saturated rings. The molecule has 1 aromatic carbocycles. The number of amides is 1. The predicted octanol–water partition coefficient (Wildman–Crippen LogP) is 0.881. The standard InChI is InChI=1S/C10H13NO2/c1-11(2)10(13)9-5-3-4-8(6-9)7-12/h3-6,12H,7H2,1-2H3. The summed E-state index contributed by atoms with van der Waals surface area (Å²) in [7, 11) is 3.40. The summed E-state index contributed by atoms with van der Waals surface area (Å²) in [6.45, 7) is -0.0332. The lowest BCUT2D eigenvalue weighted by Crippen LogP contribution is -2.21. The summed E-state index contributed by atoms with van der Waals surface area (Å²) >= 11 is 0. The van der Waals surface area contributed by atoms with Crippen LogP contribution >= 0.6 is 0 Å². The summed E-state index contributed by atoms with van der Waals surface area (Å²) in [6.07, 6.45) is 0. The van der Waals surface area contributed by atoms with Gasteiger partial charge in [0, 0.05) is 19.7 Å². The lowest BCUT2D eigenvalue weighted by Gasteiger charge is -2.10. The Morgan fingerprint density at radius 3 is 2.69 bits per heavy atom. The molecule has 0 atom stereocenters. The van der Waals surface area contributed by atoms with Crippen molar-refractivity contribution in [2.45, 2.75) is 6.61 Å². The Morgan fingerprint density at radius 2 is 2.15 bits per heavy atom. The molecule has 70 valence electrons. The minimum absolute atomic E-state index is 0.0332. The van der Waals surface area contributed by atoms with Gasteiger partial charge >= 0.3 is 0 Å². The fourth-order valence-electron chi connectivity index (χ4n) is 1.06. The summed E-state index contributed by atoms with van der Waals surface area (Å²) in [6, 6.07) is 6.98. The number of nitrogens with zero attached hydrogens (tertiary/aromatic N) is 1. The Kier molecular flexibility index (Phi) is 3.03. The van der Waals surface area contributed by atoms with Gasteiger partial charge in [0.1, 0.15) is 0 Å². The van der Waals surface area contributed by atoms with E-state index in [0.717, 1.165) is 5.56 Å². The van der Waals surface area contributed by atoms with Gasteiger partial charge in [-0.2, -0.15) is 0 Å². The van der Waals surface area contributed by atoms with Crippen molar-refractivity contribution >= 4 is 5.91 Å². The minimum Gasteiger partial charge on any atom is -0.392 e. The van der Waals surface area contributed by atoms with E-state index in [1.165, 1.54) is 4.90 Å². The molecule has 0 bridgehead atoms. The van der Waals surface area contributed by atoms with Gasteiger partial charge in [0.2, 0.25) is 0 Å². The Bertz CT molecular complexity index is 308. The van der Waals surface area contributed by atoms with Crippen LogP contribution in [-0.4, -0.2) is 30.0 Å². The molecular formula is C10H13NO2. The maximum absolute atomic E-state index is 11.5. The van der Waals surface area contributed by atoms with Gasteiger partial charge in [0.05, 0.1) is 6.61 Å². The number of aliphatic hydroxyl groups excluding tert-OH is 1. The molecule has 13 heavy (non-hydrogen) atoms. The minimum atomic E-state index is -0.0460. The lowest BCUT2D eigenvalue weighted by atomic mass is 10.1. The molecule has 0 saturated heterocycles. The topological polar surface area (TPSA) is 40.5 Å². The molecule has 0 radical (unpaired) electrons. The normalized spacial score (nSPS) is 9.77. The Hall–Kier alpha value is -1.35. The van der Waals surface area contributed by atoms with E-state index in [2.05, 4.69) is 0 Å². The number of carbonyl (C=O) groups excluding carboxylic acids is 1. The average Bonchev–Trinajstić information content (AvgIpc) is 2.16. The molecule has 1 amide bonds. The van der Waals surface area contributed by atoms with Gasteiger partial charge in [0.15, 0.2) is 0 Å². The van der Waals surface area contributed by atoms with Crippen LogP contribution in [0.15, 0.2) is 24.3 Å². The Balaban J connectivity index is 2.95. The quantitative estimate of drug-likeness (QED) is 0.732. The van der Waals surface area contributed by atoms with Crippen molar-refractivity contribution in [3.63, 3.8) is 0 Å². The van der Waals surface area contributed by atoms with Crippen molar-refractivity contribution in [1.82, 2.24) is 4.90 Å². The number of hydrogen-bond donors (Lipinski definition) is 1. The van der Waals surface area contributed by atoms with E-state index in [9.17, 15) is 4.79 Å². The van der Waals surface area contributed by atoms with Crippen molar-refractivity contribution in [1.29, 1.82) is 0 Å². The van der Waals surface area contributed by atoms with E-state index < -0.39 is 0 Å². The van der Waals surface area contributed by atoms with Gasteiger partial charge in [-0.15, -0.1) is 0 Å². The second-order valence-corrected chi connectivity index (χ2v) is 3.06. The first-order valence-corrected chi connectivity index (χ1v) is 4.06. The first-order valence-electron chi connectivity index (χ1n) is 4.06. The van der Waals surface area contributed by atoms with Crippen LogP contribution in [0.25, 0.3) is 0 Å². The highest BCUT2D eigenvalue weighted by molar-refractivity contribution is 5.93. The summed E-state index contributed by atoms with van der Waals surface area (Å²) in [5, 5.41) is 8.86. The zero-order chi connectivity index (χ0) is 9.84. The highest BCUT2D eigenvalue weighted by Crippen LogP contribution is 2.06. The molecule has 3 nitrogen and oxygen atoms in total. The van der Waals surface area contributed by atoms with Gasteiger partial charge < -0.3 is 10.0 Å². The van der Waals surface area contributed by atoms with E-state index in [4.69, 9.17) is 5.11 Å². The third kappa shape index (κ3) is 2.29. The van der Waals surface area contributed by atoms with Crippen molar-refractivity contribution in [3.05, 3.63) is 35.4 Å². The molecule has 0 saturated carbocycles. The monoisotopic (exact) mass is 179 g/mol. The van der Waals surface area contributed by atoms with Gasteiger partial charge in [-0.1, -0.05) is 12.1 Å². The second-order valence-electron chi connectivity index (χ2n) is 3.06. The molecule has 1 N–H and O–H groups in total. The van der Waals surface area contributed by atoms with Crippen LogP contribution in [0.5, 0.6) is 0 Å². The maximum Gasteiger partial charge on any atom is 0.253 e. The summed E-state index contributed by atoms with van der Waals surface area (Å²) in [5.41, 5.74) is 1.37. The van der Waals surface area contributed by atoms with Crippen LogP contribution in [-0.2, 0) is 6.61 Å². The Morgan fingerprint density at radius 1 is 1.46 bits per heavy atom. The van der Waals surface area contributed by atoms with E-state index in [1.807, 2.05) is 0 Å². The first kappa shape index (κ1) is 9.74. The third-order valence-electron chi connectivity index (χ3n) is 1.76. The lowest BCUT2D eigenvalue weighted by molar-refractivity contribution is 0.0827. The average molecular weight is 179 g/mol. The highest BCUT2D eigenvalue weighted by atomic mass is 16.3. The predicted molar refractivity (Wildman–Crippen MR) is 50.4 cm³/mol. The van der Waals surface area contributed by atoms with Crippen LogP contribution in [0, 0.1) is 0 Å². The number of benzene rings is 1. The number of rotatable bonds is 2. The zero-order valence-electron chi connectivity index (χ0n) is 7.82. The molecule has 0 spiro atoms. The molecular weight excluding hydrogens is 166 g/mol. The summed E-state index contributed by atoms with van der Waals surface area (Å²) in [4.78, 5) is 13.0. The second kappa shape index (κ2) is 4.05. The van der Waals surface area contributed by atoms with Crippen molar-refractivity contribution in [2.75, 3.05) is 14.1 Å². The van der Waals surface area contributed by atoms with E-state index in [1.54, 1.807) is 38.4 Å². The molecule has 0 aliphatic heterocycles. The van der Waals surface area contributed by atoms with E-state index in [-0.39, 0.29) is 12.5 Å². The smallest absolute Gasteiger partial charge is 0.253 e. The molecule has 1 aromatic rings. The molecule has 0 unspecified atom stereocenters. The molecule has 3 heteroatoms. The molecule has 0 aliphatic rings. The zero-order valence-corrected chi connectivity index (χ0v) is 7.82. The molecule has 0 aliphatic carbocycles. The van der Waals surface area contributed by atoms with Crippen LogP contribution in [0.1, 0.15) is 15.9 Å². The SMILES string of the molecule is CN(C)C(=O)c1cccc(CO)c1. The number of aliphatic hydroxyl groups is 1. The van der Waals surface area contributed by atoms with Gasteiger partial charge in [-0.05, 0) is 17.7 Å². The highest BCUT2D eigenvalue weighted by Gasteiger charge is 2.07. The van der Waals surface area contributed by atoms with Crippen molar-refractivity contribution in [3.8, 4) is 0 Å². The largest absolute Gasteiger partial charge is 0.392 e. The third-order valence-corrected chi connectivity index (χ3v) is 1.76.